The number of unbranched alkanes of at least 4 members (excludes halogenated alkanes) is 1. The van der Waals surface area contributed by atoms with Crippen molar-refractivity contribution < 1.29 is 9.59 Å². The van der Waals surface area contributed by atoms with E-state index in [9.17, 15) is 9.59 Å². The summed E-state index contributed by atoms with van der Waals surface area (Å²) in [5.74, 6) is -0.155. The summed E-state index contributed by atoms with van der Waals surface area (Å²) in [4.78, 5) is 24.2. The predicted octanol–water partition coefficient (Wildman–Crippen LogP) is 3.50. The van der Waals surface area contributed by atoms with Crippen LogP contribution in [0.1, 0.15) is 51.6 Å². The number of amides is 3. The van der Waals surface area contributed by atoms with Gasteiger partial charge in [0.15, 0.2) is 0 Å². The molecule has 2 atom stereocenters. The highest BCUT2D eigenvalue weighted by molar-refractivity contribution is 9.10. The van der Waals surface area contributed by atoms with E-state index in [4.69, 9.17) is 0 Å². The van der Waals surface area contributed by atoms with Crippen LogP contribution in [0.25, 0.3) is 0 Å². The average Bonchev–Trinajstić information content (AvgIpc) is 2.51. The topological polar surface area (TPSA) is 70.2 Å². The molecule has 128 valence electrons. The Labute approximate surface area is 146 Å². The van der Waals surface area contributed by atoms with Crippen molar-refractivity contribution in [2.75, 3.05) is 6.54 Å². The van der Waals surface area contributed by atoms with Gasteiger partial charge in [0.05, 0.1) is 6.04 Å². The first kappa shape index (κ1) is 19.5. The van der Waals surface area contributed by atoms with Gasteiger partial charge < -0.3 is 16.0 Å². The highest BCUT2D eigenvalue weighted by Crippen LogP contribution is 2.18. The average molecular weight is 384 g/mol. The molecule has 0 saturated carbocycles. The van der Waals surface area contributed by atoms with Crippen molar-refractivity contribution in [3.63, 3.8) is 0 Å². The largest absolute Gasteiger partial charge is 0.348 e. The van der Waals surface area contributed by atoms with Crippen LogP contribution in [-0.2, 0) is 4.79 Å². The van der Waals surface area contributed by atoms with Crippen LogP contribution in [0.5, 0.6) is 0 Å². The summed E-state index contributed by atoms with van der Waals surface area (Å²) < 4.78 is 0.971. The zero-order valence-electron chi connectivity index (χ0n) is 14.0. The standard InChI is InChI=1S/C17H26BrN3O2/c1-4-6-10-15(21-17(23)19-5-2)16(22)20-12(3)13-8-7-9-14(18)11-13/h7-9,11-12,15H,4-6,10H2,1-3H3,(H,20,22)(H2,19,21,23)/t12-,15+/m1/s1. The van der Waals surface area contributed by atoms with Gasteiger partial charge in [0.2, 0.25) is 5.91 Å². The van der Waals surface area contributed by atoms with Crippen molar-refractivity contribution in [1.29, 1.82) is 0 Å². The Balaban J connectivity index is 2.69. The fourth-order valence-corrected chi connectivity index (χ4v) is 2.64. The summed E-state index contributed by atoms with van der Waals surface area (Å²) in [5, 5.41) is 8.39. The molecule has 0 heterocycles. The summed E-state index contributed by atoms with van der Waals surface area (Å²) in [6.07, 6.45) is 2.49. The molecule has 5 nitrogen and oxygen atoms in total. The van der Waals surface area contributed by atoms with E-state index in [0.717, 1.165) is 22.9 Å². The molecule has 0 radical (unpaired) electrons. The molecule has 0 saturated heterocycles. The number of hydrogen-bond acceptors (Lipinski definition) is 2. The van der Waals surface area contributed by atoms with E-state index in [1.165, 1.54) is 0 Å². The van der Waals surface area contributed by atoms with Gasteiger partial charge in [-0.3, -0.25) is 4.79 Å². The predicted molar refractivity (Wildman–Crippen MR) is 96.2 cm³/mol. The van der Waals surface area contributed by atoms with Gasteiger partial charge >= 0.3 is 6.03 Å². The molecular formula is C17H26BrN3O2. The first-order valence-corrected chi connectivity index (χ1v) is 8.87. The first-order valence-electron chi connectivity index (χ1n) is 8.08. The van der Waals surface area contributed by atoms with Crippen LogP contribution < -0.4 is 16.0 Å². The quantitative estimate of drug-likeness (QED) is 0.642. The number of rotatable bonds is 8. The highest BCUT2D eigenvalue weighted by Gasteiger charge is 2.21. The van der Waals surface area contributed by atoms with Crippen LogP contribution in [0.4, 0.5) is 4.79 Å². The molecule has 0 aliphatic carbocycles. The minimum Gasteiger partial charge on any atom is -0.348 e. The first-order chi connectivity index (χ1) is 11.0. The van der Waals surface area contributed by atoms with E-state index in [-0.39, 0.29) is 18.0 Å². The zero-order valence-corrected chi connectivity index (χ0v) is 15.6. The third kappa shape index (κ3) is 7.03. The molecule has 6 heteroatoms. The van der Waals surface area contributed by atoms with Crippen LogP contribution in [0, 0.1) is 0 Å². The monoisotopic (exact) mass is 383 g/mol. The maximum Gasteiger partial charge on any atom is 0.315 e. The maximum absolute atomic E-state index is 12.5. The Hall–Kier alpha value is -1.56. The lowest BCUT2D eigenvalue weighted by atomic mass is 10.1. The number of carbonyl (C=O) groups excluding carboxylic acids is 2. The molecule has 0 bridgehead atoms. The van der Waals surface area contributed by atoms with Crippen molar-refractivity contribution >= 4 is 27.9 Å². The molecule has 1 rings (SSSR count). The van der Waals surface area contributed by atoms with E-state index in [0.29, 0.717) is 13.0 Å². The van der Waals surface area contributed by atoms with E-state index in [1.807, 2.05) is 38.1 Å². The second-order valence-electron chi connectivity index (χ2n) is 5.48. The molecule has 3 N–H and O–H groups in total. The van der Waals surface area contributed by atoms with Crippen molar-refractivity contribution in [2.45, 2.75) is 52.1 Å². The van der Waals surface area contributed by atoms with Crippen LogP contribution >= 0.6 is 15.9 Å². The van der Waals surface area contributed by atoms with Gasteiger partial charge in [-0.1, -0.05) is 47.8 Å². The van der Waals surface area contributed by atoms with Crippen LogP contribution in [0.2, 0.25) is 0 Å². The molecular weight excluding hydrogens is 358 g/mol. The number of carbonyl (C=O) groups is 2. The number of urea groups is 1. The number of nitrogens with one attached hydrogen (secondary N) is 3. The van der Waals surface area contributed by atoms with Crippen molar-refractivity contribution in [3.05, 3.63) is 34.3 Å². The van der Waals surface area contributed by atoms with Crippen molar-refractivity contribution in [1.82, 2.24) is 16.0 Å². The van der Waals surface area contributed by atoms with Crippen molar-refractivity contribution in [2.24, 2.45) is 0 Å². The van der Waals surface area contributed by atoms with Gasteiger partial charge in [0.25, 0.3) is 0 Å². The van der Waals surface area contributed by atoms with Gasteiger partial charge in [-0.2, -0.15) is 0 Å². The molecule has 0 aliphatic rings. The van der Waals surface area contributed by atoms with Crippen molar-refractivity contribution in [3.8, 4) is 0 Å². The van der Waals surface area contributed by atoms with E-state index < -0.39 is 6.04 Å². The Bertz CT molecular complexity index is 522. The lowest BCUT2D eigenvalue weighted by Crippen LogP contribution is -2.50. The molecule has 1 aromatic carbocycles. The molecule has 1 aromatic rings. The van der Waals surface area contributed by atoms with E-state index >= 15 is 0 Å². The fraction of sp³-hybridized carbons (Fsp3) is 0.529. The highest BCUT2D eigenvalue weighted by atomic mass is 79.9. The maximum atomic E-state index is 12.5. The SMILES string of the molecule is CCCC[C@H](NC(=O)NCC)C(=O)N[C@H](C)c1cccc(Br)c1. The summed E-state index contributed by atoms with van der Waals surface area (Å²) in [5.41, 5.74) is 1.01. The minimum atomic E-state index is -0.517. The summed E-state index contributed by atoms with van der Waals surface area (Å²) in [6, 6.07) is 6.87. The van der Waals surface area contributed by atoms with Gasteiger partial charge in [-0.25, -0.2) is 4.79 Å². The molecule has 3 amide bonds. The molecule has 0 unspecified atom stereocenters. The molecule has 0 aliphatic heterocycles. The Morgan fingerprint density at radius 2 is 1.96 bits per heavy atom. The number of hydrogen-bond donors (Lipinski definition) is 3. The Morgan fingerprint density at radius 3 is 2.57 bits per heavy atom. The summed E-state index contributed by atoms with van der Waals surface area (Å²) in [6.45, 7) is 6.37. The smallest absolute Gasteiger partial charge is 0.315 e. The Kier molecular flexibility index (Phi) is 8.69. The fourth-order valence-electron chi connectivity index (χ4n) is 2.22. The van der Waals surface area contributed by atoms with E-state index in [1.54, 1.807) is 0 Å². The summed E-state index contributed by atoms with van der Waals surface area (Å²) >= 11 is 3.43. The second-order valence-corrected chi connectivity index (χ2v) is 6.40. The second kappa shape index (κ2) is 10.3. The zero-order chi connectivity index (χ0) is 17.2. The lowest BCUT2D eigenvalue weighted by Gasteiger charge is -2.21. The Morgan fingerprint density at radius 1 is 1.22 bits per heavy atom. The normalized spacial score (nSPS) is 13.0. The molecule has 0 fully saturated rings. The third-order valence-electron chi connectivity index (χ3n) is 3.51. The van der Waals surface area contributed by atoms with Crippen LogP contribution in [-0.4, -0.2) is 24.5 Å². The van der Waals surface area contributed by atoms with E-state index in [2.05, 4.69) is 38.8 Å². The van der Waals surface area contributed by atoms with Crippen LogP contribution in [0.15, 0.2) is 28.7 Å². The molecule has 0 aromatic heterocycles. The van der Waals surface area contributed by atoms with Gasteiger partial charge in [0.1, 0.15) is 6.04 Å². The third-order valence-corrected chi connectivity index (χ3v) is 4.01. The minimum absolute atomic E-state index is 0.125. The van der Waals surface area contributed by atoms with Gasteiger partial charge in [-0.05, 0) is 38.0 Å². The number of halogens is 1. The van der Waals surface area contributed by atoms with Gasteiger partial charge in [0, 0.05) is 11.0 Å². The van der Waals surface area contributed by atoms with Gasteiger partial charge in [-0.15, -0.1) is 0 Å². The van der Waals surface area contributed by atoms with Crippen LogP contribution in [0.3, 0.4) is 0 Å². The molecule has 23 heavy (non-hydrogen) atoms. The number of benzene rings is 1. The summed E-state index contributed by atoms with van der Waals surface area (Å²) in [7, 11) is 0. The molecule has 0 spiro atoms. The lowest BCUT2D eigenvalue weighted by molar-refractivity contribution is -0.123.